The second-order valence-corrected chi connectivity index (χ2v) is 15.1. The predicted molar refractivity (Wildman–Crippen MR) is 209 cm³/mol. The number of esters is 1. The number of unbranched alkanes of at least 4 members (excludes halogenated alkanes) is 1. The van der Waals surface area contributed by atoms with E-state index in [2.05, 4.69) is 10.2 Å². The molecule has 0 radical (unpaired) electrons. The first-order valence-electron chi connectivity index (χ1n) is 19.4. The van der Waals surface area contributed by atoms with Gasteiger partial charge in [0.25, 0.3) is 11.8 Å². The Bertz CT molecular complexity index is 1950. The Balaban J connectivity index is 1.17. The second kappa shape index (κ2) is 16.0. The van der Waals surface area contributed by atoms with Crippen molar-refractivity contribution in [2.75, 3.05) is 54.7 Å². The molecule has 0 unspecified atom stereocenters. The lowest BCUT2D eigenvalue weighted by atomic mass is 9.82. The van der Waals surface area contributed by atoms with E-state index in [0.717, 1.165) is 16.8 Å². The summed E-state index contributed by atoms with van der Waals surface area (Å²) in [5.41, 5.74) is 1.95. The fraction of sp³-hybridized carbons (Fsp3) is 0.442. The third kappa shape index (κ3) is 7.03. The summed E-state index contributed by atoms with van der Waals surface area (Å²) in [5.74, 6) is -1.74. The van der Waals surface area contributed by atoms with Gasteiger partial charge in [-0.25, -0.2) is 0 Å². The highest BCUT2D eigenvalue weighted by molar-refractivity contribution is 6.10. The summed E-state index contributed by atoms with van der Waals surface area (Å²) >= 11 is 0. The zero-order valence-corrected chi connectivity index (χ0v) is 31.7. The molecular formula is C43H51N5O7. The number of amides is 3. The van der Waals surface area contributed by atoms with Gasteiger partial charge in [-0.1, -0.05) is 61.5 Å². The van der Waals surface area contributed by atoms with Crippen molar-refractivity contribution in [3.8, 4) is 0 Å². The van der Waals surface area contributed by atoms with Gasteiger partial charge in [0.1, 0.15) is 5.54 Å². The first-order chi connectivity index (χ1) is 26.6. The Labute approximate surface area is 322 Å². The van der Waals surface area contributed by atoms with Gasteiger partial charge >= 0.3 is 5.97 Å². The molecule has 4 aliphatic heterocycles. The van der Waals surface area contributed by atoms with Crippen LogP contribution in [0.2, 0.25) is 0 Å². The molecule has 55 heavy (non-hydrogen) atoms. The van der Waals surface area contributed by atoms with Crippen molar-refractivity contribution in [1.82, 2.24) is 10.2 Å². The van der Waals surface area contributed by atoms with Gasteiger partial charge in [-0.15, -0.1) is 0 Å². The number of aliphatic hydroxyl groups is 2. The Morgan fingerprint density at radius 3 is 2.42 bits per heavy atom. The van der Waals surface area contributed by atoms with Crippen LogP contribution >= 0.6 is 0 Å². The van der Waals surface area contributed by atoms with Crippen LogP contribution in [0.1, 0.15) is 62.1 Å². The number of nitrogens with one attached hydrogen (secondary N) is 1. The third-order valence-corrected chi connectivity index (χ3v) is 12.0. The van der Waals surface area contributed by atoms with Crippen LogP contribution in [0.5, 0.6) is 0 Å². The highest BCUT2D eigenvalue weighted by Crippen LogP contribution is 2.48. The van der Waals surface area contributed by atoms with Gasteiger partial charge in [0.15, 0.2) is 5.60 Å². The number of carbonyl (C=O) groups is 4. The molecular weight excluding hydrogens is 699 g/mol. The number of para-hydroxylation sites is 1. The third-order valence-electron chi connectivity index (χ3n) is 12.0. The van der Waals surface area contributed by atoms with E-state index in [4.69, 9.17) is 4.74 Å². The van der Waals surface area contributed by atoms with Crippen LogP contribution in [0.15, 0.2) is 84.9 Å². The molecule has 0 bridgehead atoms. The first kappa shape index (κ1) is 38.2. The van der Waals surface area contributed by atoms with Crippen molar-refractivity contribution < 1.29 is 34.1 Å². The summed E-state index contributed by atoms with van der Waals surface area (Å²) in [4.78, 5) is 61.4. The van der Waals surface area contributed by atoms with Gasteiger partial charge in [-0.05, 0) is 86.7 Å². The summed E-state index contributed by atoms with van der Waals surface area (Å²) in [6.07, 6.45) is 6.53. The molecule has 12 nitrogen and oxygen atoms in total. The van der Waals surface area contributed by atoms with E-state index >= 15 is 0 Å². The minimum Gasteiger partial charge on any atom is -0.469 e. The fourth-order valence-corrected chi connectivity index (χ4v) is 8.81. The van der Waals surface area contributed by atoms with Crippen LogP contribution < -0.4 is 20.0 Å². The summed E-state index contributed by atoms with van der Waals surface area (Å²) in [7, 11) is 1.34. The molecule has 3 N–H and O–H groups in total. The molecule has 7 rings (SSSR count). The Kier molecular flexibility index (Phi) is 11.1. The van der Waals surface area contributed by atoms with E-state index < -0.39 is 23.0 Å². The smallest absolute Gasteiger partial charge is 0.305 e. The van der Waals surface area contributed by atoms with Crippen LogP contribution in [-0.4, -0.2) is 90.4 Å². The lowest BCUT2D eigenvalue weighted by Crippen LogP contribution is -2.55. The van der Waals surface area contributed by atoms with Crippen LogP contribution in [0.3, 0.4) is 0 Å². The van der Waals surface area contributed by atoms with Crippen molar-refractivity contribution in [2.45, 2.75) is 75.6 Å². The number of hydrogen-bond acceptors (Lipinski definition) is 9. The molecule has 12 heteroatoms. The number of piperidine rings is 1. The molecule has 4 heterocycles. The second-order valence-electron chi connectivity index (χ2n) is 15.1. The minimum absolute atomic E-state index is 0.0155. The number of benzene rings is 3. The predicted octanol–water partition coefficient (Wildman–Crippen LogP) is 4.03. The topological polar surface area (TPSA) is 143 Å². The number of hydrogen-bond donors (Lipinski definition) is 3. The normalized spacial score (nSPS) is 22.4. The molecule has 0 aliphatic carbocycles. The molecule has 3 atom stereocenters. The van der Waals surface area contributed by atoms with Gasteiger partial charge in [-0.3, -0.25) is 24.1 Å². The molecule has 290 valence electrons. The standard InChI is InChI=1S/C43H51N5O7/c1-30(11-10-16-38(50)46-27-32-13-7-6-12-31(32)25-35(46)28-49)43(54)36-26-34(18-19-37(36)45(41(43)53)24-9-8-17-39(51)55-2)47-29-48(33-14-4-3-5-15-33)42(40(47)52)20-22-44-23-21-42/h3-7,10-15,18-19,26,30,35,44,49,54H,8-9,16-17,20-25,27-29H2,1-2H3/b11-10+/t30-,35+,43+/m1/s1. The molecule has 2 fully saturated rings. The molecule has 3 aromatic carbocycles. The molecule has 4 aliphatic rings. The quantitative estimate of drug-likeness (QED) is 0.142. The zero-order valence-electron chi connectivity index (χ0n) is 31.7. The maximum absolute atomic E-state index is 14.5. The van der Waals surface area contributed by atoms with Gasteiger partial charge in [0, 0.05) is 48.8 Å². The summed E-state index contributed by atoms with van der Waals surface area (Å²) in [6, 6.07) is 22.9. The number of rotatable bonds is 12. The van der Waals surface area contributed by atoms with Gasteiger partial charge in [-0.2, -0.15) is 0 Å². The molecule has 3 aromatic rings. The highest BCUT2D eigenvalue weighted by Gasteiger charge is 2.55. The van der Waals surface area contributed by atoms with Gasteiger partial charge in [0.05, 0.1) is 32.1 Å². The number of methoxy groups -OCH3 is 1. The van der Waals surface area contributed by atoms with E-state index in [1.165, 1.54) is 7.11 Å². The number of carbonyl (C=O) groups excluding carboxylic acids is 4. The number of nitrogens with zero attached hydrogens (tertiary/aromatic N) is 4. The lowest BCUT2D eigenvalue weighted by Gasteiger charge is -2.39. The average molecular weight is 750 g/mol. The van der Waals surface area contributed by atoms with E-state index in [1.807, 2.05) is 60.7 Å². The first-order valence-corrected chi connectivity index (χ1v) is 19.4. The highest BCUT2D eigenvalue weighted by atomic mass is 16.5. The minimum atomic E-state index is -1.99. The van der Waals surface area contributed by atoms with E-state index in [1.54, 1.807) is 45.9 Å². The van der Waals surface area contributed by atoms with E-state index in [0.29, 0.717) is 75.3 Å². The number of ether oxygens (including phenoxy) is 1. The molecule has 1 spiro atoms. The SMILES string of the molecule is COC(=O)CCCCN1C(=O)[C@](O)([C@H](C)/C=C/CC(=O)N2Cc3ccccc3C[C@H]2CO)c2cc(N3CN(c4ccccc4)C4(CCNCC4)C3=O)ccc21. The van der Waals surface area contributed by atoms with E-state index in [9.17, 15) is 29.4 Å². The van der Waals surface area contributed by atoms with Crippen molar-refractivity contribution in [2.24, 2.45) is 5.92 Å². The van der Waals surface area contributed by atoms with Crippen LogP contribution in [0.4, 0.5) is 17.1 Å². The Hall–Kier alpha value is -5.04. The summed E-state index contributed by atoms with van der Waals surface area (Å²) in [5, 5.41) is 26.1. The molecule has 2 saturated heterocycles. The Morgan fingerprint density at radius 2 is 1.69 bits per heavy atom. The van der Waals surface area contributed by atoms with Crippen LogP contribution in [-0.2, 0) is 42.5 Å². The van der Waals surface area contributed by atoms with Crippen LogP contribution in [0, 0.1) is 5.92 Å². The maximum Gasteiger partial charge on any atom is 0.305 e. The summed E-state index contributed by atoms with van der Waals surface area (Å²) in [6.45, 7) is 4.03. The molecule has 3 amide bonds. The number of aliphatic hydroxyl groups excluding tert-OH is 1. The monoisotopic (exact) mass is 749 g/mol. The summed E-state index contributed by atoms with van der Waals surface area (Å²) < 4.78 is 4.79. The fourth-order valence-electron chi connectivity index (χ4n) is 8.81. The Morgan fingerprint density at radius 1 is 0.964 bits per heavy atom. The zero-order chi connectivity index (χ0) is 38.7. The van der Waals surface area contributed by atoms with Crippen molar-refractivity contribution in [3.63, 3.8) is 0 Å². The van der Waals surface area contributed by atoms with E-state index in [-0.39, 0.29) is 49.8 Å². The van der Waals surface area contributed by atoms with Crippen molar-refractivity contribution >= 4 is 40.8 Å². The molecule has 0 saturated carbocycles. The lowest BCUT2D eigenvalue weighted by molar-refractivity contribution is -0.140. The average Bonchev–Trinajstić information content (AvgIpc) is 3.61. The molecule has 0 aromatic heterocycles. The van der Waals surface area contributed by atoms with Crippen LogP contribution in [0.25, 0.3) is 0 Å². The van der Waals surface area contributed by atoms with Gasteiger partial charge < -0.3 is 35.0 Å². The van der Waals surface area contributed by atoms with Crippen molar-refractivity contribution in [3.05, 3.63) is 102 Å². The van der Waals surface area contributed by atoms with Crippen molar-refractivity contribution in [1.29, 1.82) is 0 Å². The largest absolute Gasteiger partial charge is 0.469 e. The number of fused-ring (bicyclic) bond motifs is 2. The maximum atomic E-state index is 14.5. The van der Waals surface area contributed by atoms with Gasteiger partial charge in [0.2, 0.25) is 5.91 Å². The number of anilines is 3.